The lowest BCUT2D eigenvalue weighted by molar-refractivity contribution is -0.137. The first-order valence-electron chi connectivity index (χ1n) is 5.54. The highest BCUT2D eigenvalue weighted by molar-refractivity contribution is 5.91. The Balaban J connectivity index is 2.41. The average molecular weight is 275 g/mol. The largest absolute Gasteiger partial charge is 0.438 e. The molecular weight excluding hydrogens is 263 g/mol. The van der Waals surface area contributed by atoms with Crippen molar-refractivity contribution < 1.29 is 27.8 Å². The van der Waals surface area contributed by atoms with Gasteiger partial charge in [0.15, 0.2) is 5.60 Å². The summed E-state index contributed by atoms with van der Waals surface area (Å²) in [6.07, 6.45) is -5.46. The van der Waals surface area contributed by atoms with Gasteiger partial charge in [-0.1, -0.05) is 12.1 Å². The van der Waals surface area contributed by atoms with Crippen LogP contribution in [0.3, 0.4) is 0 Å². The second kappa shape index (κ2) is 4.41. The zero-order chi connectivity index (χ0) is 14.3. The van der Waals surface area contributed by atoms with E-state index in [2.05, 4.69) is 0 Å². The predicted molar refractivity (Wildman–Crippen MR) is 60.8 cm³/mol. The van der Waals surface area contributed by atoms with Crippen LogP contribution in [0, 0.1) is 0 Å². The first-order valence-corrected chi connectivity index (χ1v) is 5.54. The molecular formula is C12H12F3NO3. The number of anilines is 1. The molecule has 1 fully saturated rings. The number of aliphatic hydroxyl groups is 1. The number of cyclic esters (lactones) is 1. The monoisotopic (exact) mass is 275 g/mol. The Bertz CT molecular complexity index is 503. The SMILES string of the molecule is CC1(CO)CN(c2ccccc2C(F)(F)F)C(=O)O1. The zero-order valence-electron chi connectivity index (χ0n) is 10.1. The molecule has 1 amide bonds. The van der Waals surface area contributed by atoms with Crippen LogP contribution in [0.25, 0.3) is 0 Å². The molecule has 0 saturated carbocycles. The van der Waals surface area contributed by atoms with Crippen molar-refractivity contribution in [1.82, 2.24) is 0 Å². The van der Waals surface area contributed by atoms with Gasteiger partial charge in [-0.15, -0.1) is 0 Å². The number of rotatable bonds is 2. The summed E-state index contributed by atoms with van der Waals surface area (Å²) in [6.45, 7) is 0.875. The standard InChI is InChI=1S/C12H12F3NO3/c1-11(7-17)6-16(10(18)19-11)9-5-3-2-4-8(9)12(13,14)15/h2-5,17H,6-7H2,1H3. The van der Waals surface area contributed by atoms with E-state index in [1.807, 2.05) is 0 Å². The number of hydrogen-bond acceptors (Lipinski definition) is 3. The van der Waals surface area contributed by atoms with Crippen LogP contribution in [0.5, 0.6) is 0 Å². The Labute approximate surface area is 107 Å². The van der Waals surface area contributed by atoms with Crippen LogP contribution in [0.15, 0.2) is 24.3 Å². The van der Waals surface area contributed by atoms with Gasteiger partial charge in [0.1, 0.15) is 0 Å². The van der Waals surface area contributed by atoms with Crippen LogP contribution in [0.2, 0.25) is 0 Å². The number of hydrogen-bond donors (Lipinski definition) is 1. The number of aliphatic hydroxyl groups excluding tert-OH is 1. The highest BCUT2D eigenvalue weighted by Crippen LogP contribution is 2.38. The maximum Gasteiger partial charge on any atom is 0.418 e. The molecule has 1 aromatic carbocycles. The Hall–Kier alpha value is -1.76. The number of amides is 1. The fraction of sp³-hybridized carbons (Fsp3) is 0.417. The third-order valence-electron chi connectivity index (χ3n) is 2.88. The molecule has 4 nitrogen and oxygen atoms in total. The van der Waals surface area contributed by atoms with E-state index in [4.69, 9.17) is 9.84 Å². The number of alkyl halides is 3. The molecule has 0 bridgehead atoms. The van der Waals surface area contributed by atoms with E-state index in [9.17, 15) is 18.0 Å². The Morgan fingerprint density at radius 1 is 1.42 bits per heavy atom. The lowest BCUT2D eigenvalue weighted by atomic mass is 10.1. The molecule has 0 spiro atoms. The smallest absolute Gasteiger partial charge is 0.418 e. The zero-order valence-corrected chi connectivity index (χ0v) is 10.1. The van der Waals surface area contributed by atoms with Crippen LogP contribution in [0.4, 0.5) is 23.7 Å². The first kappa shape index (κ1) is 13.7. The van der Waals surface area contributed by atoms with Crippen molar-refractivity contribution in [3.05, 3.63) is 29.8 Å². The van der Waals surface area contributed by atoms with Crippen molar-refractivity contribution in [2.24, 2.45) is 0 Å². The third-order valence-corrected chi connectivity index (χ3v) is 2.88. The van der Waals surface area contributed by atoms with Crippen molar-refractivity contribution >= 4 is 11.8 Å². The average Bonchev–Trinajstić information content (AvgIpc) is 2.65. The van der Waals surface area contributed by atoms with Gasteiger partial charge in [0, 0.05) is 0 Å². The fourth-order valence-electron chi connectivity index (χ4n) is 1.91. The Kier molecular flexibility index (Phi) is 3.17. The third kappa shape index (κ3) is 2.51. The van der Waals surface area contributed by atoms with E-state index in [1.54, 1.807) is 0 Å². The molecule has 1 N–H and O–H groups in total. The molecule has 1 heterocycles. The van der Waals surface area contributed by atoms with Gasteiger partial charge in [0.2, 0.25) is 0 Å². The molecule has 1 atom stereocenters. The number of carbonyl (C=O) groups is 1. The van der Waals surface area contributed by atoms with Gasteiger partial charge in [0.25, 0.3) is 0 Å². The minimum Gasteiger partial charge on any atom is -0.438 e. The van der Waals surface area contributed by atoms with Crippen LogP contribution in [0.1, 0.15) is 12.5 Å². The van der Waals surface area contributed by atoms with Gasteiger partial charge >= 0.3 is 12.3 Å². The van der Waals surface area contributed by atoms with Crippen LogP contribution >= 0.6 is 0 Å². The molecule has 1 unspecified atom stereocenters. The maximum absolute atomic E-state index is 12.9. The van der Waals surface area contributed by atoms with Crippen molar-refractivity contribution in [2.45, 2.75) is 18.7 Å². The minimum absolute atomic E-state index is 0.130. The molecule has 1 aliphatic heterocycles. The van der Waals surface area contributed by atoms with Crippen LogP contribution in [-0.4, -0.2) is 30.0 Å². The molecule has 104 valence electrons. The summed E-state index contributed by atoms with van der Waals surface area (Å²) in [4.78, 5) is 12.5. The maximum atomic E-state index is 12.9. The van der Waals surface area contributed by atoms with Gasteiger partial charge in [-0.2, -0.15) is 13.2 Å². The molecule has 0 aliphatic carbocycles. The first-order chi connectivity index (χ1) is 8.77. The van der Waals surface area contributed by atoms with E-state index >= 15 is 0 Å². The van der Waals surface area contributed by atoms with Crippen molar-refractivity contribution in [2.75, 3.05) is 18.1 Å². The molecule has 1 aliphatic rings. The van der Waals surface area contributed by atoms with E-state index in [1.165, 1.54) is 25.1 Å². The number of nitrogens with zero attached hydrogens (tertiary/aromatic N) is 1. The second-order valence-corrected chi connectivity index (χ2v) is 4.58. The summed E-state index contributed by atoms with van der Waals surface area (Å²) >= 11 is 0. The highest BCUT2D eigenvalue weighted by atomic mass is 19.4. The number of carbonyl (C=O) groups excluding carboxylic acids is 1. The molecule has 0 aromatic heterocycles. The molecule has 1 aromatic rings. The van der Waals surface area contributed by atoms with Gasteiger partial charge in [-0.05, 0) is 19.1 Å². The second-order valence-electron chi connectivity index (χ2n) is 4.58. The van der Waals surface area contributed by atoms with E-state index in [0.29, 0.717) is 0 Å². The van der Waals surface area contributed by atoms with Crippen molar-refractivity contribution in [1.29, 1.82) is 0 Å². The number of benzene rings is 1. The van der Waals surface area contributed by atoms with Gasteiger partial charge < -0.3 is 9.84 Å². The van der Waals surface area contributed by atoms with Crippen molar-refractivity contribution in [3.63, 3.8) is 0 Å². The summed E-state index contributed by atoms with van der Waals surface area (Å²) in [6, 6.07) is 4.76. The van der Waals surface area contributed by atoms with E-state index < -0.39 is 30.0 Å². The summed E-state index contributed by atoms with van der Waals surface area (Å²) in [5.41, 5.74) is -2.36. The van der Waals surface area contributed by atoms with Gasteiger partial charge in [-0.3, -0.25) is 4.90 Å². The highest BCUT2D eigenvalue weighted by Gasteiger charge is 2.44. The fourth-order valence-corrected chi connectivity index (χ4v) is 1.91. The lowest BCUT2D eigenvalue weighted by Gasteiger charge is -2.20. The summed E-state index contributed by atoms with van der Waals surface area (Å²) in [7, 11) is 0. The topological polar surface area (TPSA) is 49.8 Å². The minimum atomic E-state index is -4.56. The number of halogens is 3. The molecule has 2 rings (SSSR count). The Morgan fingerprint density at radius 3 is 2.58 bits per heavy atom. The molecule has 19 heavy (non-hydrogen) atoms. The summed E-state index contributed by atoms with van der Waals surface area (Å²) in [5, 5.41) is 9.11. The molecule has 7 heteroatoms. The van der Waals surface area contributed by atoms with Crippen molar-refractivity contribution in [3.8, 4) is 0 Å². The molecule has 1 saturated heterocycles. The van der Waals surface area contributed by atoms with E-state index in [-0.39, 0.29) is 12.2 Å². The lowest BCUT2D eigenvalue weighted by Crippen LogP contribution is -2.35. The normalized spacial score (nSPS) is 23.6. The quantitative estimate of drug-likeness (QED) is 0.901. The number of ether oxygens (including phenoxy) is 1. The van der Waals surface area contributed by atoms with E-state index in [0.717, 1.165) is 11.0 Å². The Morgan fingerprint density at radius 2 is 2.05 bits per heavy atom. The summed E-state index contributed by atoms with van der Waals surface area (Å²) in [5.74, 6) is 0. The van der Waals surface area contributed by atoms with Gasteiger partial charge in [-0.25, -0.2) is 4.79 Å². The number of para-hydroxylation sites is 1. The molecule has 0 radical (unpaired) electrons. The van der Waals surface area contributed by atoms with Gasteiger partial charge in [0.05, 0.1) is 24.4 Å². The van der Waals surface area contributed by atoms with Crippen LogP contribution < -0.4 is 4.90 Å². The summed E-state index contributed by atoms with van der Waals surface area (Å²) < 4.78 is 43.5. The van der Waals surface area contributed by atoms with Crippen LogP contribution in [-0.2, 0) is 10.9 Å². The predicted octanol–water partition coefficient (Wildman–Crippen LogP) is 2.41.